The summed E-state index contributed by atoms with van der Waals surface area (Å²) in [5, 5.41) is 7.09. The molecule has 9 rings (SSSR count). The lowest BCUT2D eigenvalue weighted by molar-refractivity contribution is 0.569. The van der Waals surface area contributed by atoms with Gasteiger partial charge in [0.25, 0.3) is 0 Å². The Labute approximate surface area is 368 Å². The van der Waals surface area contributed by atoms with Gasteiger partial charge in [0.1, 0.15) is 0 Å². The van der Waals surface area contributed by atoms with E-state index in [4.69, 9.17) is 0 Å². The number of aryl methyl sites for hydroxylation is 2. The van der Waals surface area contributed by atoms with Crippen molar-refractivity contribution in [2.75, 3.05) is 0 Å². The Hall–Kier alpha value is -4.60. The number of benzene rings is 3. The van der Waals surface area contributed by atoms with Crippen molar-refractivity contribution in [1.29, 1.82) is 0 Å². The van der Waals surface area contributed by atoms with Crippen LogP contribution in [0.25, 0.3) is 84.0 Å². The van der Waals surface area contributed by atoms with Crippen molar-refractivity contribution in [3.63, 3.8) is 0 Å². The molecule has 8 heteroatoms. The van der Waals surface area contributed by atoms with Gasteiger partial charge in [-0.1, -0.05) is 102 Å². The number of unbranched alkanes of at least 4 members (excludes halogenated alkanes) is 10. The highest BCUT2D eigenvalue weighted by Crippen LogP contribution is 2.39. The molecule has 4 nitrogen and oxygen atoms in total. The van der Waals surface area contributed by atoms with Gasteiger partial charge in [0.05, 0.1) is 22.1 Å². The maximum atomic E-state index is 14.9. The minimum Gasteiger partial charge on any atom is -0.340 e. The molecule has 0 aliphatic rings. The molecule has 0 aliphatic heterocycles. The van der Waals surface area contributed by atoms with E-state index in [1.54, 1.807) is 45.3 Å². The smallest absolute Gasteiger partial charge is 0.197 e. The van der Waals surface area contributed by atoms with Gasteiger partial charge in [-0.3, -0.25) is 9.59 Å². The summed E-state index contributed by atoms with van der Waals surface area (Å²) >= 11 is 7.05. The van der Waals surface area contributed by atoms with Gasteiger partial charge in [0, 0.05) is 63.9 Å². The largest absolute Gasteiger partial charge is 0.340 e. The summed E-state index contributed by atoms with van der Waals surface area (Å²) in [5.74, 6) is 0. The lowest BCUT2D eigenvalue weighted by atomic mass is 10.0. The molecule has 0 N–H and O–H groups in total. The molecule has 3 aromatic carbocycles. The van der Waals surface area contributed by atoms with Gasteiger partial charge in [0.15, 0.2) is 10.9 Å². The highest BCUT2D eigenvalue weighted by molar-refractivity contribution is 7.23. The monoisotopic (exact) mass is 864 g/mol. The minimum atomic E-state index is 0.0335. The average molecular weight is 865 g/mol. The van der Waals surface area contributed by atoms with E-state index in [9.17, 15) is 9.59 Å². The van der Waals surface area contributed by atoms with Crippen molar-refractivity contribution in [3.8, 4) is 40.4 Å². The fraction of sp³-hybridized carbons (Fsp3) is 0.308. The van der Waals surface area contributed by atoms with Crippen LogP contribution in [-0.2, 0) is 13.1 Å². The number of hydrogen-bond donors (Lipinski definition) is 0. The first kappa shape index (κ1) is 40.8. The van der Waals surface area contributed by atoms with E-state index in [1.165, 1.54) is 70.9 Å². The Bertz CT molecular complexity index is 2810. The van der Waals surface area contributed by atoms with Gasteiger partial charge in [-0.15, -0.1) is 45.3 Å². The quantitative estimate of drug-likeness (QED) is 0.0637. The van der Waals surface area contributed by atoms with Crippen LogP contribution in [0.3, 0.4) is 0 Å². The molecular formula is C52H52N2O2S4. The Morgan fingerprint density at radius 1 is 0.400 bits per heavy atom. The van der Waals surface area contributed by atoms with Crippen molar-refractivity contribution in [3.05, 3.63) is 128 Å². The van der Waals surface area contributed by atoms with E-state index in [-0.39, 0.29) is 10.9 Å². The first-order valence-electron chi connectivity index (χ1n) is 21.9. The third-order valence-corrected chi connectivity index (χ3v) is 16.4. The number of pyridine rings is 2. The highest BCUT2D eigenvalue weighted by atomic mass is 32.1. The molecule has 0 aliphatic carbocycles. The van der Waals surface area contributed by atoms with E-state index in [2.05, 4.69) is 131 Å². The molecule has 0 fully saturated rings. The van der Waals surface area contributed by atoms with E-state index in [1.807, 2.05) is 0 Å². The van der Waals surface area contributed by atoms with Crippen LogP contribution < -0.4 is 10.9 Å². The van der Waals surface area contributed by atoms with Crippen LogP contribution in [0.2, 0.25) is 0 Å². The predicted octanol–water partition coefficient (Wildman–Crippen LogP) is 16.3. The molecule has 0 saturated carbocycles. The average Bonchev–Trinajstić information content (AvgIpc) is 4.13. The number of rotatable bonds is 18. The van der Waals surface area contributed by atoms with Crippen molar-refractivity contribution in [2.45, 2.75) is 104 Å². The van der Waals surface area contributed by atoms with Gasteiger partial charge in [0.2, 0.25) is 0 Å². The molecule has 0 spiro atoms. The lowest BCUT2D eigenvalue weighted by Crippen LogP contribution is -2.16. The Morgan fingerprint density at radius 2 is 0.800 bits per heavy atom. The third kappa shape index (κ3) is 8.24. The van der Waals surface area contributed by atoms with Crippen LogP contribution in [0.4, 0.5) is 0 Å². The van der Waals surface area contributed by atoms with Crippen LogP contribution in [0.5, 0.6) is 0 Å². The van der Waals surface area contributed by atoms with Gasteiger partial charge >= 0.3 is 0 Å². The Kier molecular flexibility index (Phi) is 12.6. The standard InChI is InChI=1S/C52H52N2O2S4/c1-3-5-7-9-11-13-27-53-41-21-19-35(45-23-25-49(59-45)47-17-15-29-57-47)31-37(41)51(55)39-34-44-40(33-43(39)53)52(56)38-32-36(46-24-26-50(60-46)48-18-16-30-58-48)20-22-42(38)54(44)28-14-12-10-8-6-4-2/h15-26,29-34H,3-14,27-28H2,1-2H3. The Morgan fingerprint density at radius 3 is 1.22 bits per heavy atom. The van der Waals surface area contributed by atoms with Crippen LogP contribution in [0.15, 0.2) is 117 Å². The first-order chi connectivity index (χ1) is 29.5. The highest BCUT2D eigenvalue weighted by Gasteiger charge is 2.19. The molecule has 0 saturated heterocycles. The van der Waals surface area contributed by atoms with Crippen molar-refractivity contribution < 1.29 is 0 Å². The molecule has 0 unspecified atom stereocenters. The zero-order valence-corrected chi connectivity index (χ0v) is 37.9. The second-order valence-electron chi connectivity index (χ2n) is 16.1. The molecule has 60 heavy (non-hydrogen) atoms. The van der Waals surface area contributed by atoms with Crippen LogP contribution in [0, 0.1) is 0 Å². The number of nitrogens with zero attached hydrogens (tertiary/aromatic N) is 2. The molecule has 0 radical (unpaired) electrons. The summed E-state index contributed by atoms with van der Waals surface area (Å²) in [7, 11) is 0. The van der Waals surface area contributed by atoms with Gasteiger partial charge in [-0.05, 0) is 108 Å². The van der Waals surface area contributed by atoms with Gasteiger partial charge < -0.3 is 9.13 Å². The summed E-state index contributed by atoms with van der Waals surface area (Å²) in [6, 6.07) is 34.3. The summed E-state index contributed by atoms with van der Waals surface area (Å²) in [6.07, 6.45) is 14.2. The second-order valence-corrected chi connectivity index (χ2v) is 20.2. The third-order valence-electron chi connectivity index (χ3n) is 12.0. The SMILES string of the molecule is CCCCCCCCn1c2ccc(-c3ccc(-c4cccs4)s3)cc2c(=O)c2cc3c(cc21)c(=O)c1cc(-c2ccc(-c4cccs4)s2)ccc1n3CCCCCCCC. The normalized spacial score (nSPS) is 11.9. The van der Waals surface area contributed by atoms with Crippen molar-refractivity contribution in [2.24, 2.45) is 0 Å². The molecule has 0 bridgehead atoms. The van der Waals surface area contributed by atoms with Crippen LogP contribution >= 0.6 is 45.3 Å². The van der Waals surface area contributed by atoms with E-state index < -0.39 is 0 Å². The second kappa shape index (κ2) is 18.6. The zero-order valence-electron chi connectivity index (χ0n) is 34.6. The maximum absolute atomic E-state index is 14.9. The molecule has 0 amide bonds. The fourth-order valence-corrected chi connectivity index (χ4v) is 12.5. The predicted molar refractivity (Wildman–Crippen MR) is 265 cm³/mol. The Balaban J connectivity index is 1.21. The zero-order chi connectivity index (χ0) is 41.0. The molecule has 6 aromatic heterocycles. The fourth-order valence-electron chi connectivity index (χ4n) is 8.82. The number of fused-ring (bicyclic) bond motifs is 4. The first-order valence-corrected chi connectivity index (χ1v) is 25.3. The number of hydrogen-bond acceptors (Lipinski definition) is 6. The van der Waals surface area contributed by atoms with Crippen LogP contribution in [-0.4, -0.2) is 9.13 Å². The molecule has 0 atom stereocenters. The summed E-state index contributed by atoms with van der Waals surface area (Å²) in [5.41, 5.74) is 5.78. The van der Waals surface area contributed by atoms with Crippen molar-refractivity contribution >= 4 is 89.0 Å². The summed E-state index contributed by atoms with van der Waals surface area (Å²) in [4.78, 5) is 37.2. The van der Waals surface area contributed by atoms with Gasteiger partial charge in [-0.2, -0.15) is 0 Å². The minimum absolute atomic E-state index is 0.0335. The molecular weight excluding hydrogens is 813 g/mol. The van der Waals surface area contributed by atoms with E-state index in [0.29, 0.717) is 10.8 Å². The summed E-state index contributed by atoms with van der Waals surface area (Å²) in [6.45, 7) is 6.10. The maximum Gasteiger partial charge on any atom is 0.197 e. The topological polar surface area (TPSA) is 44.0 Å². The lowest BCUT2D eigenvalue weighted by Gasteiger charge is -2.19. The van der Waals surface area contributed by atoms with E-state index in [0.717, 1.165) is 92.5 Å². The van der Waals surface area contributed by atoms with E-state index >= 15 is 0 Å². The molecule has 306 valence electrons. The number of thiophene rings is 4. The van der Waals surface area contributed by atoms with Gasteiger partial charge in [-0.25, -0.2) is 0 Å². The number of aromatic nitrogens is 2. The van der Waals surface area contributed by atoms with Crippen molar-refractivity contribution in [1.82, 2.24) is 9.13 Å². The summed E-state index contributed by atoms with van der Waals surface area (Å²) < 4.78 is 4.69. The van der Waals surface area contributed by atoms with Crippen LogP contribution in [0.1, 0.15) is 90.9 Å². The molecule has 6 heterocycles. The molecule has 9 aromatic rings.